The van der Waals surface area contributed by atoms with E-state index in [4.69, 9.17) is 0 Å². The molecule has 1 aromatic heterocycles. The molecule has 0 aliphatic carbocycles. The van der Waals surface area contributed by atoms with Crippen LogP contribution in [0.3, 0.4) is 0 Å². The summed E-state index contributed by atoms with van der Waals surface area (Å²) in [5.74, 6) is 0.996. The van der Waals surface area contributed by atoms with E-state index in [2.05, 4.69) is 88.0 Å². The molecule has 0 saturated carbocycles. The van der Waals surface area contributed by atoms with Crippen LogP contribution in [0.2, 0.25) is 0 Å². The van der Waals surface area contributed by atoms with E-state index in [0.717, 1.165) is 23.9 Å². The second kappa shape index (κ2) is 7.94. The molecule has 0 spiro atoms. The molecule has 0 fully saturated rings. The summed E-state index contributed by atoms with van der Waals surface area (Å²) in [6.45, 7) is 5.49. The molecule has 1 aliphatic rings. The fourth-order valence-corrected chi connectivity index (χ4v) is 4.43. The van der Waals surface area contributed by atoms with E-state index in [0.29, 0.717) is 0 Å². The number of rotatable bonds is 5. The average molecular weight is 375 g/mol. The van der Waals surface area contributed by atoms with Gasteiger partial charge in [-0.3, -0.25) is 4.90 Å². The van der Waals surface area contributed by atoms with Gasteiger partial charge in [0.15, 0.2) is 0 Å². The second-order valence-corrected chi connectivity index (χ2v) is 7.60. The van der Waals surface area contributed by atoms with Crippen LogP contribution in [-0.2, 0) is 6.54 Å². The Hall–Kier alpha value is -2.63. The summed E-state index contributed by atoms with van der Waals surface area (Å²) < 4.78 is 0. The maximum Gasteiger partial charge on any atom is 0.139 e. The first kappa shape index (κ1) is 17.8. The molecule has 27 heavy (non-hydrogen) atoms. The number of hydrogen-bond donors (Lipinski definition) is 0. The Balaban J connectivity index is 1.76. The summed E-state index contributed by atoms with van der Waals surface area (Å²) in [5, 5.41) is 1.01. The van der Waals surface area contributed by atoms with Crippen LogP contribution in [0.4, 0.5) is 5.82 Å². The molecule has 4 nitrogen and oxygen atoms in total. The van der Waals surface area contributed by atoms with E-state index >= 15 is 0 Å². The van der Waals surface area contributed by atoms with Crippen molar-refractivity contribution in [3.05, 3.63) is 90.8 Å². The van der Waals surface area contributed by atoms with Crippen molar-refractivity contribution in [3.8, 4) is 0 Å². The van der Waals surface area contributed by atoms with Gasteiger partial charge in [0.25, 0.3) is 0 Å². The van der Waals surface area contributed by atoms with E-state index in [1.54, 1.807) is 18.1 Å². The Morgan fingerprint density at radius 3 is 2.48 bits per heavy atom. The first-order valence-electron chi connectivity index (χ1n) is 8.97. The summed E-state index contributed by atoms with van der Waals surface area (Å²) in [7, 11) is 2.15. The average Bonchev–Trinajstić information content (AvgIpc) is 2.70. The van der Waals surface area contributed by atoms with Gasteiger partial charge in [-0.1, -0.05) is 66.4 Å². The lowest BCUT2D eigenvalue weighted by Gasteiger charge is -2.43. The van der Waals surface area contributed by atoms with Gasteiger partial charge in [-0.05, 0) is 24.7 Å². The molecule has 1 aliphatic heterocycles. The van der Waals surface area contributed by atoms with Gasteiger partial charge in [0.1, 0.15) is 23.3 Å². The second-order valence-electron chi connectivity index (χ2n) is 6.54. The molecule has 1 atom stereocenters. The van der Waals surface area contributed by atoms with Gasteiger partial charge in [0.2, 0.25) is 0 Å². The highest BCUT2D eigenvalue weighted by Gasteiger charge is 2.33. The van der Waals surface area contributed by atoms with Crippen molar-refractivity contribution in [2.45, 2.75) is 22.6 Å². The summed E-state index contributed by atoms with van der Waals surface area (Å²) in [6.07, 6.45) is 3.74. The van der Waals surface area contributed by atoms with Gasteiger partial charge in [0, 0.05) is 23.5 Å². The molecule has 4 rings (SSSR count). The first-order valence-corrected chi connectivity index (χ1v) is 9.79. The molecule has 3 aromatic rings. The first-order chi connectivity index (χ1) is 13.3. The zero-order valence-electron chi connectivity index (χ0n) is 15.3. The number of benzene rings is 2. The highest BCUT2D eigenvalue weighted by atomic mass is 32.2. The molecule has 2 heterocycles. The molecular formula is C22H22N4S. The van der Waals surface area contributed by atoms with Crippen LogP contribution in [0.25, 0.3) is 0 Å². The molecule has 0 radical (unpaired) electrons. The van der Waals surface area contributed by atoms with Crippen LogP contribution in [-0.4, -0.2) is 28.5 Å². The minimum absolute atomic E-state index is 0.126. The Bertz CT molecular complexity index is 914. The van der Waals surface area contributed by atoms with Gasteiger partial charge in [-0.2, -0.15) is 0 Å². The zero-order valence-corrected chi connectivity index (χ0v) is 16.1. The SMILES string of the molecule is C=CCN1c2ncnc(Sc3ccccc3)c2CN(C)C1c1ccccc1. The molecule has 2 aromatic carbocycles. The van der Waals surface area contributed by atoms with Crippen LogP contribution in [0.15, 0.2) is 89.6 Å². The van der Waals surface area contributed by atoms with Crippen LogP contribution in [0, 0.1) is 0 Å². The molecule has 0 amide bonds. The van der Waals surface area contributed by atoms with Crippen molar-refractivity contribution in [3.63, 3.8) is 0 Å². The monoisotopic (exact) mass is 374 g/mol. The fraction of sp³-hybridized carbons (Fsp3) is 0.182. The number of hydrogen-bond acceptors (Lipinski definition) is 5. The van der Waals surface area contributed by atoms with E-state index < -0.39 is 0 Å². The topological polar surface area (TPSA) is 32.3 Å². The Kier molecular flexibility index (Phi) is 5.23. The molecule has 1 unspecified atom stereocenters. The van der Waals surface area contributed by atoms with Gasteiger partial charge < -0.3 is 4.90 Å². The number of fused-ring (bicyclic) bond motifs is 1. The van der Waals surface area contributed by atoms with Gasteiger partial charge in [-0.15, -0.1) is 6.58 Å². The van der Waals surface area contributed by atoms with E-state index in [9.17, 15) is 0 Å². The highest BCUT2D eigenvalue weighted by Crippen LogP contribution is 2.41. The van der Waals surface area contributed by atoms with Crippen molar-refractivity contribution in [1.29, 1.82) is 0 Å². The predicted octanol–water partition coefficient (Wildman–Crippen LogP) is 4.76. The Morgan fingerprint density at radius 1 is 1.07 bits per heavy atom. The van der Waals surface area contributed by atoms with Gasteiger partial charge in [0.05, 0.1) is 0 Å². The predicted molar refractivity (Wildman–Crippen MR) is 111 cm³/mol. The molecule has 0 N–H and O–H groups in total. The molecule has 136 valence electrons. The Labute approximate surface area is 164 Å². The highest BCUT2D eigenvalue weighted by molar-refractivity contribution is 7.99. The van der Waals surface area contributed by atoms with Crippen molar-refractivity contribution in [1.82, 2.24) is 14.9 Å². The summed E-state index contributed by atoms with van der Waals surface area (Å²) >= 11 is 1.69. The van der Waals surface area contributed by atoms with E-state index in [1.807, 2.05) is 12.1 Å². The molecular weight excluding hydrogens is 352 g/mol. The van der Waals surface area contributed by atoms with Crippen LogP contribution in [0.5, 0.6) is 0 Å². The minimum atomic E-state index is 0.126. The van der Waals surface area contributed by atoms with Crippen molar-refractivity contribution in [2.24, 2.45) is 0 Å². The Morgan fingerprint density at radius 2 is 1.78 bits per heavy atom. The third-order valence-electron chi connectivity index (χ3n) is 4.66. The van der Waals surface area contributed by atoms with Crippen molar-refractivity contribution in [2.75, 3.05) is 18.5 Å². The standard InChI is InChI=1S/C22H22N4S/c1-3-14-26-20-19(15-25(2)22(26)17-10-6-4-7-11-17)21(24-16-23-20)27-18-12-8-5-9-13-18/h3-13,16,22H,1,14-15H2,2H3. The lowest BCUT2D eigenvalue weighted by Crippen LogP contribution is -2.44. The molecule has 0 saturated heterocycles. The zero-order chi connectivity index (χ0) is 18.6. The maximum absolute atomic E-state index is 4.66. The normalized spacial score (nSPS) is 16.8. The third kappa shape index (κ3) is 3.61. The van der Waals surface area contributed by atoms with E-state index in [1.165, 1.54) is 16.0 Å². The number of nitrogens with zero attached hydrogens (tertiary/aromatic N) is 4. The van der Waals surface area contributed by atoms with Crippen LogP contribution < -0.4 is 4.90 Å². The maximum atomic E-state index is 4.66. The fourth-order valence-electron chi connectivity index (χ4n) is 3.54. The number of anilines is 1. The van der Waals surface area contributed by atoms with E-state index in [-0.39, 0.29) is 6.17 Å². The van der Waals surface area contributed by atoms with Crippen molar-refractivity contribution >= 4 is 17.6 Å². The van der Waals surface area contributed by atoms with Crippen LogP contribution >= 0.6 is 11.8 Å². The molecule has 5 heteroatoms. The quantitative estimate of drug-likeness (QED) is 0.475. The van der Waals surface area contributed by atoms with Gasteiger partial charge in [-0.25, -0.2) is 9.97 Å². The van der Waals surface area contributed by atoms with Gasteiger partial charge >= 0.3 is 0 Å². The lowest BCUT2D eigenvalue weighted by molar-refractivity contribution is 0.212. The van der Waals surface area contributed by atoms with Crippen molar-refractivity contribution < 1.29 is 0 Å². The smallest absolute Gasteiger partial charge is 0.139 e. The number of aromatic nitrogens is 2. The third-order valence-corrected chi connectivity index (χ3v) is 5.71. The minimum Gasteiger partial charge on any atom is -0.333 e. The summed E-state index contributed by atoms with van der Waals surface area (Å²) in [6, 6.07) is 20.9. The molecule has 0 bridgehead atoms. The lowest BCUT2D eigenvalue weighted by atomic mass is 10.1. The summed E-state index contributed by atoms with van der Waals surface area (Å²) in [4.78, 5) is 15.1. The largest absolute Gasteiger partial charge is 0.333 e. The van der Waals surface area contributed by atoms with Crippen LogP contribution in [0.1, 0.15) is 17.3 Å². The summed E-state index contributed by atoms with van der Waals surface area (Å²) in [5.41, 5.74) is 2.42.